The highest BCUT2D eigenvalue weighted by molar-refractivity contribution is 5.81. The van der Waals surface area contributed by atoms with Crippen molar-refractivity contribution < 1.29 is 4.79 Å². The Kier molecular flexibility index (Phi) is 4.22. The van der Waals surface area contributed by atoms with Gasteiger partial charge >= 0.3 is 0 Å². The molecule has 2 aliphatic carbocycles. The molecular weight excluding hydrogens is 184 g/mol. The summed E-state index contributed by atoms with van der Waals surface area (Å²) in [7, 11) is 0. The topological polar surface area (TPSA) is 17.1 Å². The van der Waals surface area contributed by atoms with E-state index in [9.17, 15) is 4.79 Å². The van der Waals surface area contributed by atoms with Gasteiger partial charge in [-0.15, -0.1) is 0 Å². The summed E-state index contributed by atoms with van der Waals surface area (Å²) < 4.78 is 0. The smallest absolute Gasteiger partial charge is 0.135 e. The number of carbonyl (C=O) groups excluding carboxylic acids is 1. The molecule has 2 fully saturated rings. The molecule has 0 N–H and O–H groups in total. The Morgan fingerprint density at radius 1 is 0.867 bits per heavy atom. The van der Waals surface area contributed by atoms with Crippen molar-refractivity contribution >= 4 is 5.78 Å². The van der Waals surface area contributed by atoms with Crippen LogP contribution in [-0.4, -0.2) is 5.78 Å². The van der Waals surface area contributed by atoms with Gasteiger partial charge in [-0.05, 0) is 25.2 Å². The Hall–Kier alpha value is -0.330. The summed E-state index contributed by atoms with van der Waals surface area (Å²) in [5.74, 6) is 1.90. The predicted octanol–water partition coefficient (Wildman–Crippen LogP) is 4.11. The summed E-state index contributed by atoms with van der Waals surface area (Å²) in [6.45, 7) is 0. The Labute approximate surface area is 93.6 Å². The lowest BCUT2D eigenvalue weighted by atomic mass is 9.80. The summed E-state index contributed by atoms with van der Waals surface area (Å²) in [6.07, 6.45) is 14.0. The van der Waals surface area contributed by atoms with Crippen LogP contribution >= 0.6 is 0 Å². The fourth-order valence-electron chi connectivity index (χ4n) is 3.31. The quantitative estimate of drug-likeness (QED) is 0.624. The number of carbonyl (C=O) groups is 1. The van der Waals surface area contributed by atoms with Crippen molar-refractivity contribution in [1.29, 1.82) is 0 Å². The van der Waals surface area contributed by atoms with E-state index < -0.39 is 0 Å². The highest BCUT2D eigenvalue weighted by atomic mass is 16.1. The van der Waals surface area contributed by atoms with Crippen LogP contribution in [0.5, 0.6) is 0 Å². The molecule has 0 heterocycles. The molecule has 86 valence electrons. The van der Waals surface area contributed by atoms with Gasteiger partial charge in [0.1, 0.15) is 5.78 Å². The molecule has 2 rings (SSSR count). The zero-order valence-corrected chi connectivity index (χ0v) is 9.84. The van der Waals surface area contributed by atoms with Gasteiger partial charge in [-0.3, -0.25) is 4.79 Å². The minimum atomic E-state index is 0.440. The summed E-state index contributed by atoms with van der Waals surface area (Å²) >= 11 is 0. The lowest BCUT2D eigenvalue weighted by molar-refractivity contribution is -0.123. The molecule has 0 aromatic carbocycles. The third-order valence-corrected chi connectivity index (χ3v) is 4.27. The number of rotatable bonds is 2. The Balaban J connectivity index is 1.82. The SMILES string of the molecule is O=C1CCCCCC1CC1CCCCC1. The van der Waals surface area contributed by atoms with Crippen molar-refractivity contribution in [3.8, 4) is 0 Å². The molecule has 0 aliphatic heterocycles. The Morgan fingerprint density at radius 2 is 1.53 bits per heavy atom. The number of hydrogen-bond acceptors (Lipinski definition) is 1. The van der Waals surface area contributed by atoms with E-state index in [-0.39, 0.29) is 0 Å². The first-order valence-corrected chi connectivity index (χ1v) is 6.89. The molecule has 0 spiro atoms. The molecule has 0 saturated heterocycles. The molecule has 0 radical (unpaired) electrons. The third kappa shape index (κ3) is 3.32. The number of ketones is 1. The van der Waals surface area contributed by atoms with Gasteiger partial charge < -0.3 is 0 Å². The summed E-state index contributed by atoms with van der Waals surface area (Å²) in [5, 5.41) is 0. The second-order valence-corrected chi connectivity index (χ2v) is 5.50. The van der Waals surface area contributed by atoms with Crippen LogP contribution in [0.15, 0.2) is 0 Å². The van der Waals surface area contributed by atoms with Crippen LogP contribution in [0.25, 0.3) is 0 Å². The average molecular weight is 208 g/mol. The molecule has 2 saturated carbocycles. The van der Waals surface area contributed by atoms with Crippen LogP contribution in [0.1, 0.15) is 70.6 Å². The molecule has 1 nitrogen and oxygen atoms in total. The third-order valence-electron chi connectivity index (χ3n) is 4.27. The van der Waals surface area contributed by atoms with Gasteiger partial charge in [0.2, 0.25) is 0 Å². The van der Waals surface area contributed by atoms with Crippen LogP contribution in [-0.2, 0) is 4.79 Å². The van der Waals surface area contributed by atoms with Crippen molar-refractivity contribution in [2.45, 2.75) is 70.6 Å². The molecule has 1 unspecified atom stereocenters. The van der Waals surface area contributed by atoms with E-state index in [1.807, 2.05) is 0 Å². The molecule has 15 heavy (non-hydrogen) atoms. The molecule has 1 atom stereocenters. The summed E-state index contributed by atoms with van der Waals surface area (Å²) in [5.41, 5.74) is 0. The zero-order chi connectivity index (χ0) is 10.5. The van der Waals surface area contributed by atoms with Crippen LogP contribution in [0.3, 0.4) is 0 Å². The van der Waals surface area contributed by atoms with Crippen molar-refractivity contribution in [2.75, 3.05) is 0 Å². The van der Waals surface area contributed by atoms with Gasteiger partial charge in [-0.2, -0.15) is 0 Å². The molecule has 1 heteroatoms. The van der Waals surface area contributed by atoms with Gasteiger partial charge in [0.25, 0.3) is 0 Å². The molecule has 2 aliphatic rings. The second kappa shape index (κ2) is 5.67. The first-order valence-electron chi connectivity index (χ1n) is 6.89. The van der Waals surface area contributed by atoms with E-state index in [1.165, 1.54) is 57.8 Å². The second-order valence-electron chi connectivity index (χ2n) is 5.50. The fourth-order valence-corrected chi connectivity index (χ4v) is 3.31. The zero-order valence-electron chi connectivity index (χ0n) is 9.84. The summed E-state index contributed by atoms with van der Waals surface area (Å²) in [6, 6.07) is 0. The largest absolute Gasteiger partial charge is 0.299 e. The molecule has 0 aromatic heterocycles. The molecule has 0 aromatic rings. The average Bonchev–Trinajstić information content (AvgIpc) is 2.46. The summed E-state index contributed by atoms with van der Waals surface area (Å²) in [4.78, 5) is 11.9. The highest BCUT2D eigenvalue weighted by Gasteiger charge is 2.24. The van der Waals surface area contributed by atoms with E-state index in [0.717, 1.165) is 18.8 Å². The number of hydrogen-bond donors (Lipinski definition) is 0. The van der Waals surface area contributed by atoms with Gasteiger partial charge in [0, 0.05) is 12.3 Å². The van der Waals surface area contributed by atoms with Crippen molar-refractivity contribution in [2.24, 2.45) is 11.8 Å². The maximum atomic E-state index is 11.9. The Bertz CT molecular complexity index is 203. The predicted molar refractivity (Wildman–Crippen MR) is 62.8 cm³/mol. The van der Waals surface area contributed by atoms with E-state index in [1.54, 1.807) is 0 Å². The molecular formula is C14H24O. The molecule has 0 amide bonds. The van der Waals surface area contributed by atoms with E-state index in [4.69, 9.17) is 0 Å². The fraction of sp³-hybridized carbons (Fsp3) is 0.929. The van der Waals surface area contributed by atoms with Crippen LogP contribution in [0, 0.1) is 11.8 Å². The van der Waals surface area contributed by atoms with Crippen molar-refractivity contribution in [3.63, 3.8) is 0 Å². The van der Waals surface area contributed by atoms with Gasteiger partial charge in [-0.25, -0.2) is 0 Å². The van der Waals surface area contributed by atoms with E-state index in [2.05, 4.69) is 0 Å². The first-order chi connectivity index (χ1) is 7.36. The Morgan fingerprint density at radius 3 is 2.33 bits per heavy atom. The van der Waals surface area contributed by atoms with Crippen molar-refractivity contribution in [3.05, 3.63) is 0 Å². The van der Waals surface area contributed by atoms with Crippen molar-refractivity contribution in [1.82, 2.24) is 0 Å². The maximum absolute atomic E-state index is 11.9. The normalized spacial score (nSPS) is 30.1. The lowest BCUT2D eigenvalue weighted by Gasteiger charge is -2.25. The van der Waals surface area contributed by atoms with Crippen LogP contribution < -0.4 is 0 Å². The minimum absolute atomic E-state index is 0.440. The van der Waals surface area contributed by atoms with Crippen LogP contribution in [0.2, 0.25) is 0 Å². The molecule has 0 bridgehead atoms. The monoisotopic (exact) mass is 208 g/mol. The highest BCUT2D eigenvalue weighted by Crippen LogP contribution is 2.33. The maximum Gasteiger partial charge on any atom is 0.135 e. The lowest BCUT2D eigenvalue weighted by Crippen LogP contribution is -2.18. The van der Waals surface area contributed by atoms with Gasteiger partial charge in [0.15, 0.2) is 0 Å². The standard InChI is InChI=1S/C14H24O/c15-14-10-6-2-5-9-13(14)11-12-7-3-1-4-8-12/h12-13H,1-11H2. The van der Waals surface area contributed by atoms with Gasteiger partial charge in [0.05, 0.1) is 0 Å². The first kappa shape index (κ1) is 11.2. The van der Waals surface area contributed by atoms with E-state index >= 15 is 0 Å². The number of Topliss-reactive ketones (excluding diaryl/α,β-unsaturated/α-hetero) is 1. The van der Waals surface area contributed by atoms with Crippen LogP contribution in [0.4, 0.5) is 0 Å². The minimum Gasteiger partial charge on any atom is -0.299 e. The van der Waals surface area contributed by atoms with E-state index in [0.29, 0.717) is 11.7 Å². The van der Waals surface area contributed by atoms with Gasteiger partial charge in [-0.1, -0.05) is 44.9 Å².